The van der Waals surface area contributed by atoms with Crippen molar-refractivity contribution in [3.8, 4) is 0 Å². The summed E-state index contributed by atoms with van der Waals surface area (Å²) in [4.78, 5) is 21.3. The Morgan fingerprint density at radius 2 is 1.75 bits per heavy atom. The summed E-state index contributed by atoms with van der Waals surface area (Å²) in [5.74, 6) is -2.63. The van der Waals surface area contributed by atoms with Crippen LogP contribution in [0.5, 0.6) is 0 Å². The Morgan fingerprint density at radius 3 is 2.19 bits per heavy atom. The van der Waals surface area contributed by atoms with E-state index >= 15 is 0 Å². The second-order valence-electron chi connectivity index (χ2n) is 3.11. The van der Waals surface area contributed by atoms with Crippen molar-refractivity contribution in [3.63, 3.8) is 0 Å². The molecule has 0 bridgehead atoms. The summed E-state index contributed by atoms with van der Waals surface area (Å²) in [7, 11) is -2.24. The highest BCUT2D eigenvalue weighted by atomic mass is 31.1. The summed E-state index contributed by atoms with van der Waals surface area (Å²) >= 11 is 0. The lowest BCUT2D eigenvalue weighted by Crippen LogP contribution is -2.23. The predicted molar refractivity (Wildman–Crippen MR) is 57.4 cm³/mol. The van der Waals surface area contributed by atoms with E-state index < -0.39 is 31.8 Å². The molecule has 84 valence electrons. The van der Waals surface area contributed by atoms with E-state index in [2.05, 4.69) is 0 Å². The number of hydrogen-bond donors (Lipinski definition) is 2. The van der Waals surface area contributed by atoms with Crippen LogP contribution >= 0.6 is 7.80 Å². The molecular weight excluding hydrogens is 231 g/mol. The van der Waals surface area contributed by atoms with Gasteiger partial charge in [-0.2, -0.15) is 0 Å². The summed E-state index contributed by atoms with van der Waals surface area (Å²) in [6.45, 7) is 0. The number of rotatable bonds is 5. The molecular formula is C10H10O5P+. The number of benzene rings is 1. The number of hydrogen-bond acceptors (Lipinski definition) is 3. The van der Waals surface area contributed by atoms with Gasteiger partial charge in [0.05, 0.1) is 0 Å². The van der Waals surface area contributed by atoms with Crippen molar-refractivity contribution in [2.45, 2.75) is 12.1 Å². The summed E-state index contributed by atoms with van der Waals surface area (Å²) in [6, 6.07) is 8.01. The summed E-state index contributed by atoms with van der Waals surface area (Å²) in [6.07, 6.45) is -0.639. The van der Waals surface area contributed by atoms with Crippen LogP contribution in [0.4, 0.5) is 0 Å². The van der Waals surface area contributed by atoms with Gasteiger partial charge < -0.3 is 10.2 Å². The fourth-order valence-electron chi connectivity index (χ4n) is 1.19. The van der Waals surface area contributed by atoms with Crippen LogP contribution in [-0.4, -0.2) is 27.8 Å². The first kappa shape index (κ1) is 12.3. The molecule has 0 amide bonds. The number of carboxylic acid groups (broad SMARTS) is 2. The Hall–Kier alpha value is -1.74. The predicted octanol–water partition coefficient (Wildman–Crippen LogP) is 1.07. The average molecular weight is 241 g/mol. The van der Waals surface area contributed by atoms with Gasteiger partial charge in [-0.1, -0.05) is 22.8 Å². The lowest BCUT2D eigenvalue weighted by atomic mass is 10.3. The lowest BCUT2D eigenvalue weighted by Gasteiger charge is -1.98. The van der Waals surface area contributed by atoms with Gasteiger partial charge in [0.1, 0.15) is 6.42 Å². The first-order chi connectivity index (χ1) is 7.52. The smallest absolute Gasteiger partial charge is 0.392 e. The van der Waals surface area contributed by atoms with E-state index in [9.17, 15) is 14.2 Å². The third-order valence-corrected chi connectivity index (χ3v) is 3.72. The second kappa shape index (κ2) is 5.37. The van der Waals surface area contributed by atoms with E-state index in [1.807, 2.05) is 0 Å². The Bertz CT molecular complexity index is 414. The highest BCUT2D eigenvalue weighted by molar-refractivity contribution is 7.55. The van der Waals surface area contributed by atoms with Crippen molar-refractivity contribution in [1.29, 1.82) is 0 Å². The molecule has 2 atom stereocenters. The first-order valence-corrected chi connectivity index (χ1v) is 5.81. The molecule has 2 N–H and O–H groups in total. The molecule has 6 heteroatoms. The maximum atomic E-state index is 11.8. The fraction of sp³-hybridized carbons (Fsp3) is 0.200. The minimum atomic E-state index is -2.24. The third-order valence-electron chi connectivity index (χ3n) is 1.95. The molecule has 0 radical (unpaired) electrons. The molecule has 0 aliphatic carbocycles. The molecule has 16 heavy (non-hydrogen) atoms. The molecule has 1 aromatic rings. The van der Waals surface area contributed by atoms with E-state index in [1.165, 1.54) is 12.1 Å². The highest BCUT2D eigenvalue weighted by Crippen LogP contribution is 2.29. The van der Waals surface area contributed by atoms with Crippen molar-refractivity contribution >= 4 is 25.0 Å². The standard InChI is InChI=1S/C10H9O5P/c11-9(12)6-8(10(13)14)16(15)7-4-2-1-3-5-7/h1-5,8H,6H2,(H-,11,12,13,14)/p+1. The van der Waals surface area contributed by atoms with Crippen LogP contribution in [0.3, 0.4) is 0 Å². The lowest BCUT2D eigenvalue weighted by molar-refractivity contribution is -0.143. The molecule has 0 spiro atoms. The van der Waals surface area contributed by atoms with Crippen LogP contribution in [-0.2, 0) is 14.2 Å². The molecule has 0 saturated carbocycles. The van der Waals surface area contributed by atoms with Crippen LogP contribution in [0.25, 0.3) is 0 Å². The zero-order valence-electron chi connectivity index (χ0n) is 8.24. The molecule has 0 fully saturated rings. The zero-order chi connectivity index (χ0) is 12.1. The first-order valence-electron chi connectivity index (χ1n) is 4.48. The van der Waals surface area contributed by atoms with Crippen molar-refractivity contribution in [2.75, 3.05) is 0 Å². The van der Waals surface area contributed by atoms with Crippen LogP contribution in [0, 0.1) is 0 Å². The van der Waals surface area contributed by atoms with Crippen molar-refractivity contribution in [3.05, 3.63) is 30.3 Å². The van der Waals surface area contributed by atoms with E-state index in [4.69, 9.17) is 10.2 Å². The van der Waals surface area contributed by atoms with Crippen LogP contribution in [0.2, 0.25) is 0 Å². The van der Waals surface area contributed by atoms with E-state index in [-0.39, 0.29) is 0 Å². The van der Waals surface area contributed by atoms with Gasteiger partial charge in [0.15, 0.2) is 5.30 Å². The Morgan fingerprint density at radius 1 is 1.19 bits per heavy atom. The molecule has 1 aromatic carbocycles. The summed E-state index contributed by atoms with van der Waals surface area (Å²) in [5, 5.41) is 17.7. The average Bonchev–Trinajstić information content (AvgIpc) is 2.25. The van der Waals surface area contributed by atoms with Gasteiger partial charge in [-0.15, -0.1) is 0 Å². The Labute approximate surface area is 92.5 Å². The number of carbonyl (C=O) groups is 2. The topological polar surface area (TPSA) is 91.7 Å². The normalized spacial score (nSPS) is 12.9. The highest BCUT2D eigenvalue weighted by Gasteiger charge is 2.40. The van der Waals surface area contributed by atoms with E-state index in [0.717, 1.165) is 0 Å². The van der Waals surface area contributed by atoms with Gasteiger partial charge in [-0.05, 0) is 12.1 Å². The van der Waals surface area contributed by atoms with Gasteiger partial charge in [0.2, 0.25) is 0 Å². The second-order valence-corrected chi connectivity index (χ2v) is 4.90. The molecule has 5 nitrogen and oxygen atoms in total. The molecule has 0 aliphatic heterocycles. The molecule has 0 aliphatic rings. The van der Waals surface area contributed by atoms with Crippen LogP contribution in [0.15, 0.2) is 30.3 Å². The van der Waals surface area contributed by atoms with E-state index in [1.54, 1.807) is 18.2 Å². The van der Waals surface area contributed by atoms with Crippen molar-refractivity contribution in [1.82, 2.24) is 0 Å². The maximum Gasteiger partial charge on any atom is 0.392 e. The number of carboxylic acids is 2. The monoisotopic (exact) mass is 241 g/mol. The molecule has 1 rings (SSSR count). The minimum absolute atomic E-state index is 0.353. The largest absolute Gasteiger partial charge is 0.481 e. The fourth-order valence-corrected chi connectivity index (χ4v) is 2.54. The van der Waals surface area contributed by atoms with Gasteiger partial charge in [-0.3, -0.25) is 4.79 Å². The molecule has 0 heterocycles. The summed E-state index contributed by atoms with van der Waals surface area (Å²) in [5.41, 5.74) is -1.38. The summed E-state index contributed by atoms with van der Waals surface area (Å²) < 4.78 is 11.8. The number of aliphatic carboxylic acids is 2. The van der Waals surface area contributed by atoms with E-state index in [0.29, 0.717) is 5.30 Å². The van der Waals surface area contributed by atoms with Gasteiger partial charge in [0, 0.05) is 0 Å². The molecule has 2 unspecified atom stereocenters. The zero-order valence-corrected chi connectivity index (χ0v) is 9.13. The molecule has 0 aromatic heterocycles. The van der Waals surface area contributed by atoms with Gasteiger partial charge in [0.25, 0.3) is 5.66 Å². The van der Waals surface area contributed by atoms with Crippen LogP contribution < -0.4 is 5.30 Å². The Kier molecular flexibility index (Phi) is 4.14. The molecule has 0 saturated heterocycles. The van der Waals surface area contributed by atoms with Crippen molar-refractivity contribution < 1.29 is 24.4 Å². The minimum Gasteiger partial charge on any atom is -0.481 e. The van der Waals surface area contributed by atoms with Crippen molar-refractivity contribution in [2.24, 2.45) is 0 Å². The third kappa shape index (κ3) is 3.14. The quantitative estimate of drug-likeness (QED) is 0.752. The Balaban J connectivity index is 2.92. The van der Waals surface area contributed by atoms with Gasteiger partial charge in [-0.25, -0.2) is 4.79 Å². The van der Waals surface area contributed by atoms with Gasteiger partial charge >= 0.3 is 19.7 Å². The maximum absolute atomic E-state index is 11.8. The van der Waals surface area contributed by atoms with Crippen LogP contribution in [0.1, 0.15) is 6.42 Å². The SMILES string of the molecule is O=C(O)CC(C(=O)O)[P+](=O)c1ccccc1.